The lowest BCUT2D eigenvalue weighted by molar-refractivity contribution is 0.428. The Morgan fingerprint density at radius 1 is 1.06 bits per heavy atom. The average Bonchev–Trinajstić information content (AvgIpc) is 2.68. The van der Waals surface area contributed by atoms with Gasteiger partial charge >= 0.3 is 0 Å². The minimum absolute atomic E-state index is 0.294. The van der Waals surface area contributed by atoms with E-state index in [4.69, 9.17) is 0 Å². The number of hydrogen-bond acceptors (Lipinski definition) is 2. The molecule has 0 radical (unpaired) electrons. The maximum absolute atomic E-state index is 9.94. The van der Waals surface area contributed by atoms with Gasteiger partial charge in [-0.3, -0.25) is 4.98 Å². The first-order valence-corrected chi connectivity index (χ1v) is 5.51. The molecule has 0 aliphatic rings. The van der Waals surface area contributed by atoms with Crippen LogP contribution in [0, 0.1) is 0 Å². The van der Waals surface area contributed by atoms with Crippen molar-refractivity contribution in [2.75, 3.05) is 0 Å². The number of benzene rings is 1. The van der Waals surface area contributed by atoms with E-state index in [1.165, 1.54) is 0 Å². The highest BCUT2D eigenvalue weighted by Crippen LogP contribution is 2.25. The number of fused-ring (bicyclic) bond motifs is 1. The number of rotatable bonds is 2. The first-order chi connectivity index (χ1) is 8.34. The maximum atomic E-state index is 9.94. The van der Waals surface area contributed by atoms with Gasteiger partial charge in [0.1, 0.15) is 0 Å². The van der Waals surface area contributed by atoms with E-state index in [-0.39, 0.29) is 0 Å². The summed E-state index contributed by atoms with van der Waals surface area (Å²) in [5.74, 6) is 0.294. The van der Waals surface area contributed by atoms with Crippen LogP contribution in [0.4, 0.5) is 0 Å². The van der Waals surface area contributed by atoms with Crippen molar-refractivity contribution in [3.8, 4) is 5.88 Å². The Bertz CT molecular complexity index is 644. The minimum atomic E-state index is 0.294. The number of nitrogens with zero attached hydrogens (tertiary/aromatic N) is 2. The first-order valence-electron chi connectivity index (χ1n) is 5.51. The minimum Gasteiger partial charge on any atom is -0.494 e. The van der Waals surface area contributed by atoms with Crippen LogP contribution < -0.4 is 0 Å². The Labute approximate surface area is 99.0 Å². The molecule has 1 N–H and O–H groups in total. The summed E-state index contributed by atoms with van der Waals surface area (Å²) < 4.78 is 1.89. The molecule has 3 aromatic rings. The second kappa shape index (κ2) is 3.94. The maximum Gasteiger partial charge on any atom is 0.192 e. The molecule has 1 aromatic carbocycles. The molecule has 0 saturated carbocycles. The molecule has 0 amide bonds. The van der Waals surface area contributed by atoms with E-state index in [1.54, 1.807) is 18.5 Å². The smallest absolute Gasteiger partial charge is 0.192 e. The quantitative estimate of drug-likeness (QED) is 0.726. The number of pyridine rings is 1. The Kier molecular flexibility index (Phi) is 2.29. The van der Waals surface area contributed by atoms with Gasteiger partial charge in [0.15, 0.2) is 5.88 Å². The Hall–Kier alpha value is -2.29. The molecule has 84 valence electrons. The standard InChI is InChI=1S/C14H12N2O/c17-14-9-12-3-1-2-4-13(12)16(14)10-11-5-7-15-8-6-11/h1-9,17H,10H2. The molecule has 2 aromatic heterocycles. The van der Waals surface area contributed by atoms with Gasteiger partial charge in [-0.05, 0) is 23.8 Å². The first kappa shape index (κ1) is 9.90. The Morgan fingerprint density at radius 2 is 1.82 bits per heavy atom. The highest BCUT2D eigenvalue weighted by atomic mass is 16.3. The monoisotopic (exact) mass is 224 g/mol. The van der Waals surface area contributed by atoms with Crippen LogP contribution in [0.2, 0.25) is 0 Å². The zero-order valence-corrected chi connectivity index (χ0v) is 9.24. The Morgan fingerprint density at radius 3 is 2.65 bits per heavy atom. The van der Waals surface area contributed by atoms with Crippen molar-refractivity contribution >= 4 is 10.9 Å². The molecular weight excluding hydrogens is 212 g/mol. The molecule has 0 unspecified atom stereocenters. The highest BCUT2D eigenvalue weighted by Gasteiger charge is 2.07. The van der Waals surface area contributed by atoms with Gasteiger partial charge in [0.05, 0.1) is 12.1 Å². The molecule has 3 heteroatoms. The lowest BCUT2D eigenvalue weighted by Crippen LogP contribution is -1.98. The fourth-order valence-corrected chi connectivity index (χ4v) is 2.03. The fraction of sp³-hybridized carbons (Fsp3) is 0.0714. The molecule has 0 saturated heterocycles. The van der Waals surface area contributed by atoms with Crippen LogP contribution in [0.15, 0.2) is 54.9 Å². The van der Waals surface area contributed by atoms with Crippen molar-refractivity contribution in [1.29, 1.82) is 0 Å². The van der Waals surface area contributed by atoms with Crippen LogP contribution in [-0.2, 0) is 6.54 Å². The molecule has 0 spiro atoms. The fourth-order valence-electron chi connectivity index (χ4n) is 2.03. The van der Waals surface area contributed by atoms with Gasteiger partial charge in [-0.15, -0.1) is 0 Å². The molecule has 0 aliphatic carbocycles. The predicted molar refractivity (Wildman–Crippen MR) is 66.9 cm³/mol. The number of hydrogen-bond donors (Lipinski definition) is 1. The van der Waals surface area contributed by atoms with Crippen molar-refractivity contribution in [1.82, 2.24) is 9.55 Å². The summed E-state index contributed by atoms with van der Waals surface area (Å²) in [7, 11) is 0. The van der Waals surface area contributed by atoms with Gasteiger partial charge in [0, 0.05) is 23.8 Å². The largest absolute Gasteiger partial charge is 0.494 e. The van der Waals surface area contributed by atoms with E-state index < -0.39 is 0 Å². The van der Waals surface area contributed by atoms with Gasteiger partial charge < -0.3 is 9.67 Å². The molecule has 3 nitrogen and oxygen atoms in total. The van der Waals surface area contributed by atoms with Crippen molar-refractivity contribution in [3.63, 3.8) is 0 Å². The summed E-state index contributed by atoms with van der Waals surface area (Å²) in [6.45, 7) is 0.655. The van der Waals surface area contributed by atoms with E-state index >= 15 is 0 Å². The van der Waals surface area contributed by atoms with Crippen LogP contribution in [0.25, 0.3) is 10.9 Å². The Balaban J connectivity index is 2.08. The van der Waals surface area contributed by atoms with Gasteiger partial charge in [-0.25, -0.2) is 0 Å². The van der Waals surface area contributed by atoms with E-state index in [2.05, 4.69) is 4.98 Å². The molecule has 0 atom stereocenters. The second-order valence-corrected chi connectivity index (χ2v) is 4.00. The van der Waals surface area contributed by atoms with Crippen molar-refractivity contribution in [3.05, 3.63) is 60.4 Å². The van der Waals surface area contributed by atoms with E-state index in [0.717, 1.165) is 16.5 Å². The van der Waals surface area contributed by atoms with Crippen LogP contribution in [0.5, 0.6) is 5.88 Å². The number of aromatic nitrogens is 2. The zero-order chi connectivity index (χ0) is 11.7. The van der Waals surface area contributed by atoms with E-state index in [0.29, 0.717) is 12.4 Å². The van der Waals surface area contributed by atoms with E-state index in [9.17, 15) is 5.11 Å². The normalized spacial score (nSPS) is 10.8. The lowest BCUT2D eigenvalue weighted by Gasteiger charge is -2.06. The molecular formula is C14H12N2O. The van der Waals surface area contributed by atoms with Crippen LogP contribution >= 0.6 is 0 Å². The molecule has 17 heavy (non-hydrogen) atoms. The summed E-state index contributed by atoms with van der Waals surface area (Å²) in [4.78, 5) is 3.99. The number of aromatic hydroxyl groups is 1. The van der Waals surface area contributed by atoms with Crippen LogP contribution in [-0.4, -0.2) is 14.7 Å². The zero-order valence-electron chi connectivity index (χ0n) is 9.24. The van der Waals surface area contributed by atoms with Gasteiger partial charge in [0.2, 0.25) is 0 Å². The predicted octanol–water partition coefficient (Wildman–Crippen LogP) is 2.79. The third-order valence-electron chi connectivity index (χ3n) is 2.88. The molecule has 0 fully saturated rings. The van der Waals surface area contributed by atoms with Gasteiger partial charge in [-0.1, -0.05) is 18.2 Å². The summed E-state index contributed by atoms with van der Waals surface area (Å²) in [5, 5.41) is 11.0. The lowest BCUT2D eigenvalue weighted by atomic mass is 10.2. The molecule has 2 heterocycles. The van der Waals surface area contributed by atoms with Gasteiger partial charge in [0.25, 0.3) is 0 Å². The van der Waals surface area contributed by atoms with Crippen molar-refractivity contribution in [2.45, 2.75) is 6.54 Å². The van der Waals surface area contributed by atoms with E-state index in [1.807, 2.05) is 41.0 Å². The van der Waals surface area contributed by atoms with Crippen LogP contribution in [0.3, 0.4) is 0 Å². The molecule has 0 aliphatic heterocycles. The summed E-state index contributed by atoms with van der Waals surface area (Å²) in [6, 6.07) is 13.6. The molecule has 3 rings (SSSR count). The van der Waals surface area contributed by atoms with Crippen molar-refractivity contribution < 1.29 is 5.11 Å². The van der Waals surface area contributed by atoms with Gasteiger partial charge in [-0.2, -0.15) is 0 Å². The second-order valence-electron chi connectivity index (χ2n) is 4.00. The highest BCUT2D eigenvalue weighted by molar-refractivity contribution is 5.82. The summed E-state index contributed by atoms with van der Waals surface area (Å²) in [5.41, 5.74) is 2.17. The van der Waals surface area contributed by atoms with Crippen molar-refractivity contribution in [2.24, 2.45) is 0 Å². The number of para-hydroxylation sites is 1. The van der Waals surface area contributed by atoms with Crippen LogP contribution in [0.1, 0.15) is 5.56 Å². The third kappa shape index (κ3) is 1.76. The average molecular weight is 224 g/mol. The summed E-state index contributed by atoms with van der Waals surface area (Å²) in [6.07, 6.45) is 3.52. The SMILES string of the molecule is Oc1cc2ccccc2n1Cc1ccncc1. The molecule has 0 bridgehead atoms. The summed E-state index contributed by atoms with van der Waals surface area (Å²) >= 11 is 0. The third-order valence-corrected chi connectivity index (χ3v) is 2.88. The topological polar surface area (TPSA) is 38.0 Å².